The fourth-order valence-electron chi connectivity index (χ4n) is 2.02. The average Bonchev–Trinajstić information content (AvgIpc) is 2.84. The molecule has 2 atom stereocenters. The Kier molecular flexibility index (Phi) is 2.96. The van der Waals surface area contributed by atoms with Crippen LogP contribution in [0.1, 0.15) is 29.6 Å². The van der Waals surface area contributed by atoms with Crippen LogP contribution in [0.2, 0.25) is 0 Å². The molecule has 0 spiro atoms. The summed E-state index contributed by atoms with van der Waals surface area (Å²) >= 11 is 0. The van der Waals surface area contributed by atoms with Crippen LogP contribution in [0.15, 0.2) is 10.8 Å². The highest BCUT2D eigenvalue weighted by atomic mass is 16.3. The number of amides is 1. The minimum absolute atomic E-state index is 0.127. The largest absolute Gasteiger partial charge is 0.438 e. The number of carbonyl (C=O) groups is 1. The van der Waals surface area contributed by atoms with Crippen LogP contribution >= 0.6 is 0 Å². The summed E-state index contributed by atoms with van der Waals surface area (Å²) in [5.41, 5.74) is 0.616. The van der Waals surface area contributed by atoms with E-state index < -0.39 is 0 Å². The number of hydrogen-bond donors (Lipinski definition) is 1. The second kappa shape index (κ2) is 4.25. The zero-order valence-electron chi connectivity index (χ0n) is 9.51. The Morgan fingerprint density at radius 2 is 2.50 bits per heavy atom. The molecule has 5 nitrogen and oxygen atoms in total. The Labute approximate surface area is 94.1 Å². The molecule has 1 fully saturated rings. The number of carbonyl (C=O) groups excluding carboxylic acids is 1. The molecule has 0 radical (unpaired) electrons. The number of aryl methyl sites for hydroxylation is 1. The van der Waals surface area contributed by atoms with Gasteiger partial charge in [0.25, 0.3) is 5.91 Å². The fourth-order valence-corrected chi connectivity index (χ4v) is 2.02. The van der Waals surface area contributed by atoms with E-state index in [1.807, 2.05) is 0 Å². The molecule has 0 bridgehead atoms. The first-order valence-corrected chi connectivity index (χ1v) is 5.47. The number of oxazole rings is 1. The molecule has 2 heterocycles. The van der Waals surface area contributed by atoms with Gasteiger partial charge in [0.05, 0.1) is 11.8 Å². The van der Waals surface area contributed by atoms with E-state index in [1.54, 1.807) is 18.7 Å². The minimum atomic E-state index is -0.367. The zero-order valence-corrected chi connectivity index (χ0v) is 9.51. The first-order valence-electron chi connectivity index (χ1n) is 5.47. The molecule has 16 heavy (non-hydrogen) atoms. The Morgan fingerprint density at radius 3 is 3.00 bits per heavy atom. The number of aliphatic hydroxyl groups is 1. The van der Waals surface area contributed by atoms with Crippen molar-refractivity contribution < 1.29 is 14.3 Å². The van der Waals surface area contributed by atoms with E-state index in [0.29, 0.717) is 24.5 Å². The summed E-state index contributed by atoms with van der Waals surface area (Å²) in [4.78, 5) is 17.6. The van der Waals surface area contributed by atoms with E-state index in [0.717, 1.165) is 6.42 Å². The number of aromatic nitrogens is 1. The van der Waals surface area contributed by atoms with Gasteiger partial charge in [0.15, 0.2) is 6.39 Å². The van der Waals surface area contributed by atoms with Gasteiger partial charge in [-0.3, -0.25) is 4.79 Å². The molecule has 1 aliphatic heterocycles. The van der Waals surface area contributed by atoms with E-state index in [2.05, 4.69) is 4.98 Å². The maximum Gasteiger partial charge on any atom is 0.291 e. The minimum Gasteiger partial charge on any atom is -0.438 e. The van der Waals surface area contributed by atoms with Crippen LogP contribution < -0.4 is 0 Å². The van der Waals surface area contributed by atoms with Crippen molar-refractivity contribution in [3.8, 4) is 0 Å². The zero-order chi connectivity index (χ0) is 11.7. The maximum absolute atomic E-state index is 12.0. The molecule has 0 aliphatic carbocycles. The van der Waals surface area contributed by atoms with Crippen molar-refractivity contribution in [1.29, 1.82) is 0 Å². The summed E-state index contributed by atoms with van der Waals surface area (Å²) in [7, 11) is 0. The van der Waals surface area contributed by atoms with Crippen LogP contribution in [-0.4, -0.2) is 40.1 Å². The molecule has 1 aromatic heterocycles. The van der Waals surface area contributed by atoms with Crippen molar-refractivity contribution in [2.24, 2.45) is 5.92 Å². The van der Waals surface area contributed by atoms with Crippen molar-refractivity contribution in [3.63, 3.8) is 0 Å². The molecule has 88 valence electrons. The third kappa shape index (κ3) is 1.95. The smallest absolute Gasteiger partial charge is 0.291 e. The predicted octanol–water partition coefficient (Wildman–Crippen LogP) is 0.826. The molecule has 5 heteroatoms. The number of aliphatic hydroxyl groups excluding tert-OH is 1. The van der Waals surface area contributed by atoms with Gasteiger partial charge in [-0.15, -0.1) is 0 Å². The highest BCUT2D eigenvalue weighted by molar-refractivity contribution is 5.92. The van der Waals surface area contributed by atoms with Crippen molar-refractivity contribution in [3.05, 3.63) is 17.8 Å². The second-order valence-corrected chi connectivity index (χ2v) is 4.31. The van der Waals surface area contributed by atoms with Gasteiger partial charge in [0.1, 0.15) is 0 Å². The van der Waals surface area contributed by atoms with Crippen LogP contribution in [0.4, 0.5) is 0 Å². The highest BCUT2D eigenvalue weighted by Crippen LogP contribution is 2.22. The van der Waals surface area contributed by atoms with Gasteiger partial charge in [0, 0.05) is 19.0 Å². The standard InChI is InChI=1S/C11H16N2O3/c1-7-10(16-6-12-7)11(15)13-4-3-9(5-13)8(2)14/h6,8-9,14H,3-5H2,1-2H3. The monoisotopic (exact) mass is 224 g/mol. The van der Waals surface area contributed by atoms with Crippen molar-refractivity contribution in [2.45, 2.75) is 26.4 Å². The van der Waals surface area contributed by atoms with Crippen LogP contribution in [0, 0.1) is 12.8 Å². The van der Waals surface area contributed by atoms with Crippen LogP contribution in [0.25, 0.3) is 0 Å². The van der Waals surface area contributed by atoms with Crippen LogP contribution in [-0.2, 0) is 0 Å². The quantitative estimate of drug-likeness (QED) is 0.807. The van der Waals surface area contributed by atoms with Crippen molar-refractivity contribution in [1.82, 2.24) is 9.88 Å². The van der Waals surface area contributed by atoms with Gasteiger partial charge in [-0.1, -0.05) is 0 Å². The lowest BCUT2D eigenvalue weighted by Gasteiger charge is -2.16. The Morgan fingerprint density at radius 1 is 1.75 bits per heavy atom. The van der Waals surface area contributed by atoms with Gasteiger partial charge < -0.3 is 14.4 Å². The lowest BCUT2D eigenvalue weighted by Crippen LogP contribution is -2.30. The van der Waals surface area contributed by atoms with Crippen LogP contribution in [0.3, 0.4) is 0 Å². The van der Waals surface area contributed by atoms with Gasteiger partial charge in [-0.25, -0.2) is 4.98 Å². The predicted molar refractivity (Wildman–Crippen MR) is 56.9 cm³/mol. The Balaban J connectivity index is 2.05. The van der Waals surface area contributed by atoms with E-state index in [9.17, 15) is 9.90 Å². The van der Waals surface area contributed by atoms with Crippen molar-refractivity contribution in [2.75, 3.05) is 13.1 Å². The molecule has 1 aliphatic rings. The molecule has 1 saturated heterocycles. The fraction of sp³-hybridized carbons (Fsp3) is 0.636. The third-order valence-electron chi connectivity index (χ3n) is 3.13. The molecule has 1 N–H and O–H groups in total. The van der Waals surface area contributed by atoms with E-state index in [1.165, 1.54) is 6.39 Å². The van der Waals surface area contributed by atoms with Crippen molar-refractivity contribution >= 4 is 5.91 Å². The van der Waals surface area contributed by atoms with Gasteiger partial charge in [-0.2, -0.15) is 0 Å². The number of likely N-dealkylation sites (tertiary alicyclic amines) is 1. The van der Waals surface area contributed by atoms with Crippen LogP contribution in [0.5, 0.6) is 0 Å². The molecule has 0 saturated carbocycles. The molecular formula is C11H16N2O3. The number of nitrogens with zero attached hydrogens (tertiary/aromatic N) is 2. The first kappa shape index (κ1) is 11.1. The lowest BCUT2D eigenvalue weighted by molar-refractivity contribution is 0.0731. The van der Waals surface area contributed by atoms with Gasteiger partial charge >= 0.3 is 0 Å². The summed E-state index contributed by atoms with van der Waals surface area (Å²) < 4.78 is 5.07. The molecule has 0 aromatic carbocycles. The molecule has 2 rings (SSSR count). The lowest BCUT2D eigenvalue weighted by atomic mass is 10.0. The van der Waals surface area contributed by atoms with Gasteiger partial charge in [0.2, 0.25) is 5.76 Å². The first-order chi connectivity index (χ1) is 7.59. The summed E-state index contributed by atoms with van der Waals surface area (Å²) in [6.45, 7) is 4.78. The third-order valence-corrected chi connectivity index (χ3v) is 3.13. The number of rotatable bonds is 2. The maximum atomic E-state index is 12.0. The van der Waals surface area contributed by atoms with Gasteiger partial charge in [-0.05, 0) is 20.3 Å². The van der Waals surface area contributed by atoms with E-state index in [-0.39, 0.29) is 17.9 Å². The summed E-state index contributed by atoms with van der Waals surface area (Å²) in [5.74, 6) is 0.358. The summed E-state index contributed by atoms with van der Waals surface area (Å²) in [5, 5.41) is 9.46. The Bertz CT molecular complexity index is 386. The number of hydrogen-bond acceptors (Lipinski definition) is 4. The second-order valence-electron chi connectivity index (χ2n) is 4.31. The topological polar surface area (TPSA) is 66.6 Å². The average molecular weight is 224 g/mol. The molecular weight excluding hydrogens is 208 g/mol. The SMILES string of the molecule is Cc1ncoc1C(=O)N1CCC(C(C)O)C1. The highest BCUT2D eigenvalue weighted by Gasteiger charge is 2.31. The molecule has 1 aromatic rings. The molecule has 2 unspecified atom stereocenters. The van der Waals surface area contributed by atoms with E-state index >= 15 is 0 Å². The summed E-state index contributed by atoms with van der Waals surface area (Å²) in [6.07, 6.45) is 1.76. The summed E-state index contributed by atoms with van der Waals surface area (Å²) in [6, 6.07) is 0. The Hall–Kier alpha value is -1.36. The van der Waals surface area contributed by atoms with E-state index in [4.69, 9.17) is 4.42 Å². The normalized spacial score (nSPS) is 22.4. The molecule has 1 amide bonds.